The zero-order valence-electron chi connectivity index (χ0n) is 16.1. The Balaban J connectivity index is 2.79. The van der Waals surface area contributed by atoms with Crippen molar-refractivity contribution in [2.75, 3.05) is 13.7 Å². The van der Waals surface area contributed by atoms with Crippen molar-refractivity contribution < 1.29 is 27.5 Å². The number of hydrogen-bond donors (Lipinski definition) is 1. The number of benzene rings is 1. The van der Waals surface area contributed by atoms with Crippen LogP contribution in [0.15, 0.2) is 18.2 Å². The smallest absolute Gasteiger partial charge is 0.328 e. The Hall–Kier alpha value is -1.80. The van der Waals surface area contributed by atoms with Crippen LogP contribution in [0.3, 0.4) is 0 Å². The molecule has 0 bridgehead atoms. The Morgan fingerprint density at radius 3 is 2.15 bits per heavy atom. The zero-order valence-corrected chi connectivity index (χ0v) is 17.1. The van der Waals surface area contributed by atoms with E-state index in [-0.39, 0.29) is 23.6 Å². The molecule has 1 amide bonds. The van der Waals surface area contributed by atoms with E-state index in [1.165, 1.54) is 7.11 Å². The minimum atomic E-state index is -2.00. The summed E-state index contributed by atoms with van der Waals surface area (Å²) in [5.41, 5.74) is -0.207. The summed E-state index contributed by atoms with van der Waals surface area (Å²) in [7, 11) is -0.793. The third kappa shape index (κ3) is 6.17. The lowest BCUT2D eigenvalue weighted by Crippen LogP contribution is -2.45. The first-order valence-electron chi connectivity index (χ1n) is 8.36. The van der Waals surface area contributed by atoms with Crippen molar-refractivity contribution in [1.82, 2.24) is 5.32 Å². The van der Waals surface area contributed by atoms with E-state index >= 15 is 0 Å². The lowest BCUT2D eigenvalue weighted by molar-refractivity contribution is -0.143. The van der Waals surface area contributed by atoms with E-state index in [0.717, 1.165) is 12.1 Å². The standard InChI is InChI=1S/C18H27F2NO4Si/c1-18(2,3)26(5,6)25-8-7-15(17(23)24-4)21-16(22)12-9-13(19)11-14(20)10-12/h9-11,15H,7-8H2,1-6H3,(H,21,22)/t15-/m1/s1. The summed E-state index contributed by atoms with van der Waals surface area (Å²) in [5, 5.41) is 2.46. The van der Waals surface area contributed by atoms with E-state index in [1.54, 1.807) is 0 Å². The largest absolute Gasteiger partial charge is 0.467 e. The van der Waals surface area contributed by atoms with Crippen LogP contribution in [0, 0.1) is 11.6 Å². The molecule has 0 radical (unpaired) electrons. The molecular weight excluding hydrogens is 360 g/mol. The molecule has 0 aliphatic rings. The first-order valence-corrected chi connectivity index (χ1v) is 11.3. The second-order valence-electron chi connectivity index (χ2n) is 7.60. The van der Waals surface area contributed by atoms with Gasteiger partial charge in [0, 0.05) is 24.7 Å². The maximum Gasteiger partial charge on any atom is 0.328 e. The molecule has 0 aliphatic heterocycles. The third-order valence-electron chi connectivity index (χ3n) is 4.59. The Bertz CT molecular complexity index is 639. The molecule has 5 nitrogen and oxygen atoms in total. The molecule has 146 valence electrons. The monoisotopic (exact) mass is 387 g/mol. The van der Waals surface area contributed by atoms with E-state index in [1.807, 2.05) is 0 Å². The van der Waals surface area contributed by atoms with Crippen molar-refractivity contribution in [3.05, 3.63) is 35.4 Å². The van der Waals surface area contributed by atoms with Gasteiger partial charge in [-0.1, -0.05) is 20.8 Å². The van der Waals surface area contributed by atoms with Crippen molar-refractivity contribution in [2.45, 2.75) is 51.4 Å². The average molecular weight is 387 g/mol. The molecule has 0 aromatic heterocycles. The van der Waals surface area contributed by atoms with Crippen molar-refractivity contribution in [1.29, 1.82) is 0 Å². The molecule has 1 rings (SSSR count). The lowest BCUT2D eigenvalue weighted by atomic mass is 10.1. The summed E-state index contributed by atoms with van der Waals surface area (Å²) in [6.07, 6.45) is 0.197. The van der Waals surface area contributed by atoms with Crippen LogP contribution >= 0.6 is 0 Å². The van der Waals surface area contributed by atoms with Gasteiger partial charge in [0.2, 0.25) is 0 Å². The Kier molecular flexibility index (Phi) is 7.46. The number of nitrogens with one attached hydrogen (secondary N) is 1. The van der Waals surface area contributed by atoms with Crippen LogP contribution in [0.1, 0.15) is 37.6 Å². The number of halogens is 2. The predicted octanol–water partition coefficient (Wildman–Crippen LogP) is 3.65. The highest BCUT2D eigenvalue weighted by Crippen LogP contribution is 2.36. The summed E-state index contributed by atoms with van der Waals surface area (Å²) in [5.74, 6) is -3.14. The molecule has 0 heterocycles. The maximum atomic E-state index is 13.3. The summed E-state index contributed by atoms with van der Waals surface area (Å²) in [6, 6.07) is 1.50. The number of methoxy groups -OCH3 is 1. The van der Waals surface area contributed by atoms with Crippen molar-refractivity contribution >= 4 is 20.2 Å². The summed E-state index contributed by atoms with van der Waals surface area (Å²) in [6.45, 7) is 10.7. The Labute approximate surface area is 154 Å². The van der Waals surface area contributed by atoms with E-state index < -0.39 is 37.9 Å². The second-order valence-corrected chi connectivity index (χ2v) is 12.4. The molecule has 0 spiro atoms. The van der Waals surface area contributed by atoms with Gasteiger partial charge in [0.15, 0.2) is 8.32 Å². The fourth-order valence-electron chi connectivity index (χ4n) is 1.97. The fraction of sp³-hybridized carbons (Fsp3) is 0.556. The quantitative estimate of drug-likeness (QED) is 0.573. The van der Waals surface area contributed by atoms with Gasteiger partial charge < -0.3 is 14.5 Å². The molecular formula is C18H27F2NO4Si. The molecule has 1 aromatic carbocycles. The van der Waals surface area contributed by atoms with Crippen molar-refractivity contribution in [3.8, 4) is 0 Å². The fourth-order valence-corrected chi connectivity index (χ4v) is 3.03. The summed E-state index contributed by atoms with van der Waals surface area (Å²) < 4.78 is 37.2. The average Bonchev–Trinajstić information content (AvgIpc) is 2.50. The number of hydrogen-bond acceptors (Lipinski definition) is 4. The van der Waals surface area contributed by atoms with Gasteiger partial charge >= 0.3 is 5.97 Å². The van der Waals surface area contributed by atoms with Gasteiger partial charge in [-0.05, 0) is 30.3 Å². The van der Waals surface area contributed by atoms with Crippen molar-refractivity contribution in [3.63, 3.8) is 0 Å². The SMILES string of the molecule is COC(=O)[C@@H](CCO[Si](C)(C)C(C)(C)C)NC(=O)c1cc(F)cc(F)c1. The Morgan fingerprint density at radius 1 is 1.15 bits per heavy atom. The second kappa shape index (κ2) is 8.72. The molecule has 0 saturated carbocycles. The third-order valence-corrected chi connectivity index (χ3v) is 9.13. The first-order chi connectivity index (χ1) is 11.9. The zero-order chi connectivity index (χ0) is 20.1. The van der Waals surface area contributed by atoms with Crippen LogP contribution in [-0.2, 0) is 14.0 Å². The van der Waals surface area contributed by atoms with Crippen LogP contribution in [0.4, 0.5) is 8.78 Å². The number of carbonyl (C=O) groups is 2. The summed E-state index contributed by atoms with van der Waals surface area (Å²) >= 11 is 0. The molecule has 1 atom stereocenters. The number of rotatable bonds is 7. The number of amides is 1. The lowest BCUT2D eigenvalue weighted by Gasteiger charge is -2.36. The number of esters is 1. The highest BCUT2D eigenvalue weighted by atomic mass is 28.4. The van der Waals surface area contributed by atoms with Gasteiger partial charge in [-0.25, -0.2) is 13.6 Å². The molecule has 26 heavy (non-hydrogen) atoms. The van der Waals surface area contributed by atoms with Gasteiger partial charge in [0.05, 0.1) is 7.11 Å². The van der Waals surface area contributed by atoms with Crippen LogP contribution in [0.5, 0.6) is 0 Å². The van der Waals surface area contributed by atoms with Gasteiger partial charge in [0.1, 0.15) is 17.7 Å². The molecule has 0 fully saturated rings. The normalized spacial score (nSPS) is 13.2. The molecule has 8 heteroatoms. The molecule has 0 saturated heterocycles. The molecule has 1 N–H and O–H groups in total. The van der Waals surface area contributed by atoms with Crippen LogP contribution in [0.25, 0.3) is 0 Å². The number of carbonyl (C=O) groups excluding carboxylic acids is 2. The van der Waals surface area contributed by atoms with E-state index in [2.05, 4.69) is 39.2 Å². The van der Waals surface area contributed by atoms with Gasteiger partial charge in [-0.15, -0.1) is 0 Å². The van der Waals surface area contributed by atoms with Gasteiger partial charge in [-0.2, -0.15) is 0 Å². The van der Waals surface area contributed by atoms with Crippen LogP contribution in [-0.4, -0.2) is 40.0 Å². The highest BCUT2D eigenvalue weighted by Gasteiger charge is 2.37. The molecule has 0 unspecified atom stereocenters. The minimum Gasteiger partial charge on any atom is -0.467 e. The van der Waals surface area contributed by atoms with Gasteiger partial charge in [-0.3, -0.25) is 4.79 Å². The Morgan fingerprint density at radius 2 is 1.69 bits per heavy atom. The first kappa shape index (κ1) is 22.2. The van der Waals surface area contributed by atoms with Gasteiger partial charge in [0.25, 0.3) is 5.91 Å². The van der Waals surface area contributed by atoms with Crippen molar-refractivity contribution in [2.24, 2.45) is 0 Å². The number of ether oxygens (including phenoxy) is 1. The minimum absolute atomic E-state index is 0.0100. The highest BCUT2D eigenvalue weighted by molar-refractivity contribution is 6.74. The topological polar surface area (TPSA) is 64.6 Å². The van der Waals surface area contributed by atoms with Crippen LogP contribution < -0.4 is 5.32 Å². The maximum absolute atomic E-state index is 13.3. The van der Waals surface area contributed by atoms with E-state index in [0.29, 0.717) is 6.07 Å². The molecule has 1 aromatic rings. The van der Waals surface area contributed by atoms with Crippen LogP contribution in [0.2, 0.25) is 18.1 Å². The molecule has 0 aliphatic carbocycles. The predicted molar refractivity (Wildman–Crippen MR) is 97.4 cm³/mol. The summed E-state index contributed by atoms with van der Waals surface area (Å²) in [4.78, 5) is 24.2. The van der Waals surface area contributed by atoms with E-state index in [9.17, 15) is 18.4 Å². The van der Waals surface area contributed by atoms with E-state index in [4.69, 9.17) is 9.16 Å².